The maximum Gasteiger partial charge on any atom is 0.339 e. The predicted molar refractivity (Wildman–Crippen MR) is 119 cm³/mol. The predicted octanol–water partition coefficient (Wildman–Crippen LogP) is 4.18. The van der Waals surface area contributed by atoms with Crippen LogP contribution in [0.5, 0.6) is 17.2 Å². The Morgan fingerprint density at radius 3 is 2.31 bits per heavy atom. The molecule has 4 rings (SSSR count). The SMILES string of the molecule is COc1cc(C(=O)COC(=O)c2c3c(nc4ccccc24)CCCC3)cc(OC)c1OC. The van der Waals surface area contributed by atoms with Crippen LogP contribution in [-0.4, -0.2) is 44.7 Å². The van der Waals surface area contributed by atoms with Crippen LogP contribution in [-0.2, 0) is 17.6 Å². The molecule has 0 amide bonds. The smallest absolute Gasteiger partial charge is 0.339 e. The standard InChI is InChI=1S/C25H25NO6/c1-29-21-12-15(13-22(30-2)24(21)31-3)20(27)14-32-25(28)23-16-8-4-6-10-18(16)26-19-11-7-5-9-17(19)23/h4,6,8,10,12-13H,5,7,9,11,14H2,1-3H3. The van der Waals surface area contributed by atoms with E-state index in [1.54, 1.807) is 12.1 Å². The minimum Gasteiger partial charge on any atom is -0.493 e. The van der Waals surface area contributed by atoms with Crippen LogP contribution in [0.1, 0.15) is 44.8 Å². The number of para-hydroxylation sites is 1. The number of pyridine rings is 1. The van der Waals surface area contributed by atoms with E-state index in [2.05, 4.69) is 0 Å². The number of rotatable bonds is 7. The number of esters is 1. The molecule has 0 N–H and O–H groups in total. The largest absolute Gasteiger partial charge is 0.493 e. The number of hydrogen-bond acceptors (Lipinski definition) is 7. The first-order chi connectivity index (χ1) is 15.6. The Morgan fingerprint density at radius 2 is 1.62 bits per heavy atom. The summed E-state index contributed by atoms with van der Waals surface area (Å²) in [7, 11) is 4.44. The van der Waals surface area contributed by atoms with Crippen molar-refractivity contribution in [2.24, 2.45) is 0 Å². The first-order valence-electron chi connectivity index (χ1n) is 10.5. The van der Waals surface area contributed by atoms with E-state index < -0.39 is 12.6 Å². The van der Waals surface area contributed by atoms with E-state index in [0.717, 1.165) is 47.8 Å². The second-order valence-corrected chi connectivity index (χ2v) is 7.55. The van der Waals surface area contributed by atoms with Crippen molar-refractivity contribution in [3.63, 3.8) is 0 Å². The van der Waals surface area contributed by atoms with Gasteiger partial charge in [0.15, 0.2) is 18.1 Å². The number of hydrogen-bond donors (Lipinski definition) is 0. The number of benzene rings is 2. The lowest BCUT2D eigenvalue weighted by molar-refractivity contribution is 0.0475. The molecule has 0 unspecified atom stereocenters. The lowest BCUT2D eigenvalue weighted by atomic mass is 9.90. The molecule has 7 nitrogen and oxygen atoms in total. The molecule has 1 aromatic heterocycles. The van der Waals surface area contributed by atoms with Crippen molar-refractivity contribution in [1.29, 1.82) is 0 Å². The van der Waals surface area contributed by atoms with Crippen LogP contribution in [0.15, 0.2) is 36.4 Å². The number of carbonyl (C=O) groups is 2. The van der Waals surface area contributed by atoms with Gasteiger partial charge < -0.3 is 18.9 Å². The van der Waals surface area contributed by atoms with Crippen LogP contribution in [0.2, 0.25) is 0 Å². The second-order valence-electron chi connectivity index (χ2n) is 7.55. The molecule has 1 heterocycles. The number of Topliss-reactive ketones (excluding diaryl/α,β-unsaturated/α-hetero) is 1. The van der Waals surface area contributed by atoms with E-state index in [0.29, 0.717) is 28.4 Å². The number of nitrogens with zero attached hydrogens (tertiary/aromatic N) is 1. The molecule has 1 aliphatic rings. The highest BCUT2D eigenvalue weighted by molar-refractivity contribution is 6.06. The third-order valence-corrected chi connectivity index (χ3v) is 5.69. The van der Waals surface area contributed by atoms with Crippen molar-refractivity contribution >= 4 is 22.7 Å². The molecular weight excluding hydrogens is 410 g/mol. The summed E-state index contributed by atoms with van der Waals surface area (Å²) in [6.07, 6.45) is 3.66. The first kappa shape index (κ1) is 21.6. The normalized spacial score (nSPS) is 12.7. The van der Waals surface area contributed by atoms with E-state index in [4.69, 9.17) is 23.9 Å². The van der Waals surface area contributed by atoms with Gasteiger partial charge in [0.05, 0.1) is 32.4 Å². The summed E-state index contributed by atoms with van der Waals surface area (Å²) in [5, 5.41) is 0.749. The van der Waals surface area contributed by atoms with Crippen molar-refractivity contribution in [3.8, 4) is 17.2 Å². The fraction of sp³-hybridized carbons (Fsp3) is 0.320. The monoisotopic (exact) mass is 435 g/mol. The Morgan fingerprint density at radius 1 is 0.938 bits per heavy atom. The molecular formula is C25H25NO6. The zero-order chi connectivity index (χ0) is 22.7. The second kappa shape index (κ2) is 9.26. The minimum atomic E-state index is -0.512. The molecule has 0 bridgehead atoms. The molecule has 0 spiro atoms. The van der Waals surface area contributed by atoms with Crippen molar-refractivity contribution in [3.05, 3.63) is 58.8 Å². The average Bonchev–Trinajstić information content (AvgIpc) is 2.84. The number of carbonyl (C=O) groups excluding carboxylic acids is 2. The van der Waals surface area contributed by atoms with E-state index in [1.165, 1.54) is 21.3 Å². The van der Waals surface area contributed by atoms with Crippen molar-refractivity contribution in [1.82, 2.24) is 4.98 Å². The number of aryl methyl sites for hydroxylation is 1. The van der Waals surface area contributed by atoms with E-state index in [-0.39, 0.29) is 5.78 Å². The summed E-state index contributed by atoms with van der Waals surface area (Å²) in [5.74, 6) is 0.220. The summed E-state index contributed by atoms with van der Waals surface area (Å²) in [6.45, 7) is -0.400. The molecule has 7 heteroatoms. The molecule has 2 aromatic carbocycles. The lowest BCUT2D eigenvalue weighted by Gasteiger charge is -2.20. The van der Waals surface area contributed by atoms with Crippen LogP contribution in [0, 0.1) is 0 Å². The maximum absolute atomic E-state index is 13.1. The molecule has 0 atom stereocenters. The lowest BCUT2D eigenvalue weighted by Crippen LogP contribution is -2.19. The van der Waals surface area contributed by atoms with Gasteiger partial charge in [0, 0.05) is 16.6 Å². The molecule has 32 heavy (non-hydrogen) atoms. The molecule has 0 saturated heterocycles. The average molecular weight is 435 g/mol. The molecule has 0 aliphatic heterocycles. The molecule has 0 radical (unpaired) electrons. The highest BCUT2D eigenvalue weighted by atomic mass is 16.5. The van der Waals surface area contributed by atoms with Crippen LogP contribution in [0.4, 0.5) is 0 Å². The van der Waals surface area contributed by atoms with Gasteiger partial charge in [-0.3, -0.25) is 9.78 Å². The van der Waals surface area contributed by atoms with Gasteiger partial charge in [-0.05, 0) is 49.4 Å². The van der Waals surface area contributed by atoms with Gasteiger partial charge in [-0.15, -0.1) is 0 Å². The number of ketones is 1. The first-order valence-corrected chi connectivity index (χ1v) is 10.5. The summed E-state index contributed by atoms with van der Waals surface area (Å²) >= 11 is 0. The Balaban J connectivity index is 1.61. The zero-order valence-electron chi connectivity index (χ0n) is 18.4. The van der Waals surface area contributed by atoms with Gasteiger partial charge in [-0.1, -0.05) is 18.2 Å². The quantitative estimate of drug-likeness (QED) is 0.407. The topological polar surface area (TPSA) is 84.0 Å². The molecule has 166 valence electrons. The molecule has 0 fully saturated rings. The van der Waals surface area contributed by atoms with Crippen LogP contribution < -0.4 is 14.2 Å². The highest BCUT2D eigenvalue weighted by Crippen LogP contribution is 2.38. The maximum atomic E-state index is 13.1. The van der Waals surface area contributed by atoms with Crippen molar-refractivity contribution < 1.29 is 28.5 Å². The van der Waals surface area contributed by atoms with Gasteiger partial charge >= 0.3 is 5.97 Å². The van der Waals surface area contributed by atoms with Crippen LogP contribution >= 0.6 is 0 Å². The molecule has 3 aromatic rings. The number of ether oxygens (including phenoxy) is 4. The van der Waals surface area contributed by atoms with Crippen LogP contribution in [0.25, 0.3) is 10.9 Å². The van der Waals surface area contributed by atoms with E-state index >= 15 is 0 Å². The Kier molecular flexibility index (Phi) is 6.25. The zero-order valence-corrected chi connectivity index (χ0v) is 18.4. The highest BCUT2D eigenvalue weighted by Gasteiger charge is 2.25. The fourth-order valence-corrected chi connectivity index (χ4v) is 4.13. The van der Waals surface area contributed by atoms with Crippen molar-refractivity contribution in [2.75, 3.05) is 27.9 Å². The minimum absolute atomic E-state index is 0.300. The summed E-state index contributed by atoms with van der Waals surface area (Å²) in [5.41, 5.74) is 3.45. The summed E-state index contributed by atoms with van der Waals surface area (Å²) < 4.78 is 21.4. The van der Waals surface area contributed by atoms with E-state index in [1.807, 2.05) is 24.3 Å². The van der Waals surface area contributed by atoms with Gasteiger partial charge in [-0.2, -0.15) is 0 Å². The third kappa shape index (κ3) is 3.98. The molecule has 0 saturated carbocycles. The Hall–Kier alpha value is -3.61. The molecule has 1 aliphatic carbocycles. The van der Waals surface area contributed by atoms with Gasteiger partial charge in [0.1, 0.15) is 0 Å². The number of methoxy groups -OCH3 is 3. The van der Waals surface area contributed by atoms with Gasteiger partial charge in [0.25, 0.3) is 0 Å². The third-order valence-electron chi connectivity index (χ3n) is 5.69. The number of aromatic nitrogens is 1. The van der Waals surface area contributed by atoms with Crippen LogP contribution in [0.3, 0.4) is 0 Å². The van der Waals surface area contributed by atoms with Gasteiger partial charge in [-0.25, -0.2) is 4.79 Å². The van der Waals surface area contributed by atoms with Gasteiger partial charge in [0.2, 0.25) is 11.5 Å². The van der Waals surface area contributed by atoms with Crippen molar-refractivity contribution in [2.45, 2.75) is 25.7 Å². The summed E-state index contributed by atoms with van der Waals surface area (Å²) in [4.78, 5) is 30.7. The Bertz CT molecular complexity index is 1160. The fourth-order valence-electron chi connectivity index (χ4n) is 4.13. The van der Waals surface area contributed by atoms with E-state index in [9.17, 15) is 9.59 Å². The Labute approximate surface area is 186 Å². The number of fused-ring (bicyclic) bond motifs is 2. The summed E-state index contributed by atoms with van der Waals surface area (Å²) in [6, 6.07) is 10.6.